The Labute approximate surface area is 132 Å². The van der Waals surface area contributed by atoms with Gasteiger partial charge in [0.1, 0.15) is 0 Å². The van der Waals surface area contributed by atoms with Crippen molar-refractivity contribution in [2.24, 2.45) is 0 Å². The molecule has 0 unspecified atom stereocenters. The highest BCUT2D eigenvalue weighted by Crippen LogP contribution is 2.16. The maximum atomic E-state index is 12.5. The van der Waals surface area contributed by atoms with Gasteiger partial charge in [-0.3, -0.25) is 4.79 Å². The summed E-state index contributed by atoms with van der Waals surface area (Å²) < 4.78 is 26.3. The van der Waals surface area contributed by atoms with Gasteiger partial charge >= 0.3 is 0 Å². The third kappa shape index (κ3) is 4.30. The number of piperidine rings is 1. The first-order chi connectivity index (χ1) is 10.4. The van der Waals surface area contributed by atoms with Crippen molar-refractivity contribution in [1.82, 2.24) is 9.62 Å². The third-order valence-corrected chi connectivity index (χ3v) is 5.61. The van der Waals surface area contributed by atoms with Gasteiger partial charge in [0, 0.05) is 24.7 Å². The Bertz CT molecular complexity index is 620. The molecule has 1 heterocycles. The number of aryl methyl sites for hydroxylation is 1. The fourth-order valence-electron chi connectivity index (χ4n) is 2.77. The van der Waals surface area contributed by atoms with E-state index in [-0.39, 0.29) is 17.7 Å². The minimum absolute atomic E-state index is 0.0352. The van der Waals surface area contributed by atoms with Crippen LogP contribution in [0.1, 0.15) is 42.1 Å². The Morgan fingerprint density at radius 1 is 1.27 bits per heavy atom. The molecule has 1 aromatic rings. The number of rotatable bonds is 5. The minimum Gasteiger partial charge on any atom is -0.339 e. The number of likely N-dealkylation sites (tertiary alicyclic amines) is 1. The molecule has 0 bridgehead atoms. The Kier molecular flexibility index (Phi) is 5.58. The van der Waals surface area contributed by atoms with E-state index in [2.05, 4.69) is 4.72 Å². The van der Waals surface area contributed by atoms with Crippen LogP contribution >= 0.6 is 0 Å². The van der Waals surface area contributed by atoms with Crippen molar-refractivity contribution in [2.45, 2.75) is 39.2 Å². The quantitative estimate of drug-likeness (QED) is 0.900. The predicted octanol–water partition coefficient (Wildman–Crippen LogP) is 1.93. The van der Waals surface area contributed by atoms with Crippen LogP contribution in [-0.2, 0) is 10.0 Å². The molecule has 6 heteroatoms. The van der Waals surface area contributed by atoms with Gasteiger partial charge in [-0.1, -0.05) is 25.1 Å². The highest BCUT2D eigenvalue weighted by Gasteiger charge is 2.26. The van der Waals surface area contributed by atoms with E-state index in [9.17, 15) is 13.2 Å². The largest absolute Gasteiger partial charge is 0.339 e. The lowest BCUT2D eigenvalue weighted by molar-refractivity contribution is 0.0710. The van der Waals surface area contributed by atoms with Crippen molar-refractivity contribution in [3.8, 4) is 0 Å². The molecule has 0 aliphatic carbocycles. The number of hydrogen-bond acceptors (Lipinski definition) is 3. The zero-order valence-electron chi connectivity index (χ0n) is 13.2. The summed E-state index contributed by atoms with van der Waals surface area (Å²) in [5, 5.41) is 0. The van der Waals surface area contributed by atoms with Crippen LogP contribution in [-0.4, -0.2) is 44.1 Å². The summed E-state index contributed by atoms with van der Waals surface area (Å²) >= 11 is 0. The van der Waals surface area contributed by atoms with Crippen LogP contribution < -0.4 is 4.72 Å². The summed E-state index contributed by atoms with van der Waals surface area (Å²) in [5.74, 6) is 0.197. The van der Waals surface area contributed by atoms with Gasteiger partial charge in [0.25, 0.3) is 5.91 Å². The second-order valence-electron chi connectivity index (χ2n) is 5.82. The Hall–Kier alpha value is -1.40. The monoisotopic (exact) mass is 324 g/mol. The van der Waals surface area contributed by atoms with Crippen LogP contribution in [0.3, 0.4) is 0 Å². The summed E-state index contributed by atoms with van der Waals surface area (Å²) in [6, 6.07) is 7.50. The molecule has 0 saturated carbocycles. The van der Waals surface area contributed by atoms with Gasteiger partial charge < -0.3 is 4.90 Å². The predicted molar refractivity (Wildman–Crippen MR) is 87.3 cm³/mol. The SMILES string of the molecule is CCCS(=O)(=O)NC1CCN(C(=O)c2ccccc2C)CC1. The maximum absolute atomic E-state index is 12.5. The number of nitrogens with zero attached hydrogens (tertiary/aromatic N) is 1. The lowest BCUT2D eigenvalue weighted by Gasteiger charge is -2.32. The van der Waals surface area contributed by atoms with Crippen molar-refractivity contribution < 1.29 is 13.2 Å². The van der Waals surface area contributed by atoms with E-state index in [1.165, 1.54) is 0 Å². The normalized spacial score (nSPS) is 16.7. The van der Waals surface area contributed by atoms with Gasteiger partial charge in [0.2, 0.25) is 10.0 Å². The molecule has 5 nitrogen and oxygen atoms in total. The number of benzene rings is 1. The number of hydrogen-bond donors (Lipinski definition) is 1. The molecule has 0 aromatic heterocycles. The summed E-state index contributed by atoms with van der Waals surface area (Å²) in [7, 11) is -3.18. The lowest BCUT2D eigenvalue weighted by atomic mass is 10.0. The average molecular weight is 324 g/mol. The van der Waals surface area contributed by atoms with Gasteiger partial charge in [0.05, 0.1) is 5.75 Å². The second-order valence-corrected chi connectivity index (χ2v) is 7.69. The zero-order valence-corrected chi connectivity index (χ0v) is 14.0. The number of nitrogens with one attached hydrogen (secondary N) is 1. The van der Waals surface area contributed by atoms with Crippen LogP contribution in [0.2, 0.25) is 0 Å². The Balaban J connectivity index is 1.92. The van der Waals surface area contributed by atoms with Crippen LogP contribution in [0.4, 0.5) is 0 Å². The number of carbonyl (C=O) groups is 1. The molecule has 1 saturated heterocycles. The van der Waals surface area contributed by atoms with Crippen LogP contribution in [0.15, 0.2) is 24.3 Å². The highest BCUT2D eigenvalue weighted by molar-refractivity contribution is 7.89. The van der Waals surface area contributed by atoms with Gasteiger partial charge in [-0.15, -0.1) is 0 Å². The van der Waals surface area contributed by atoms with Gasteiger partial charge in [-0.2, -0.15) is 0 Å². The van der Waals surface area contributed by atoms with Crippen LogP contribution in [0.25, 0.3) is 0 Å². The summed E-state index contributed by atoms with van der Waals surface area (Å²) in [6.45, 7) is 4.96. The average Bonchev–Trinajstić information content (AvgIpc) is 2.47. The first-order valence-corrected chi connectivity index (χ1v) is 9.43. The molecule has 1 aromatic carbocycles. The van der Waals surface area contributed by atoms with E-state index in [4.69, 9.17) is 0 Å². The van der Waals surface area contributed by atoms with Crippen molar-refractivity contribution in [1.29, 1.82) is 0 Å². The van der Waals surface area contributed by atoms with Crippen molar-refractivity contribution >= 4 is 15.9 Å². The third-order valence-electron chi connectivity index (χ3n) is 3.98. The smallest absolute Gasteiger partial charge is 0.254 e. The molecule has 1 aliphatic heterocycles. The molecule has 0 spiro atoms. The Morgan fingerprint density at radius 3 is 2.50 bits per heavy atom. The molecule has 2 rings (SSSR count). The van der Waals surface area contributed by atoms with Crippen molar-refractivity contribution in [3.05, 3.63) is 35.4 Å². The molecular weight excluding hydrogens is 300 g/mol. The topological polar surface area (TPSA) is 66.5 Å². The zero-order chi connectivity index (χ0) is 16.2. The molecular formula is C16H24N2O3S. The Morgan fingerprint density at radius 2 is 1.91 bits per heavy atom. The first kappa shape index (κ1) is 17.0. The summed E-state index contributed by atoms with van der Waals surface area (Å²) in [5.41, 5.74) is 1.70. The summed E-state index contributed by atoms with van der Waals surface area (Å²) in [4.78, 5) is 14.3. The van der Waals surface area contributed by atoms with E-state index < -0.39 is 10.0 Å². The molecule has 22 heavy (non-hydrogen) atoms. The van der Waals surface area contributed by atoms with Gasteiger partial charge in [-0.25, -0.2) is 13.1 Å². The summed E-state index contributed by atoms with van der Waals surface area (Å²) in [6.07, 6.45) is 1.95. The van der Waals surface area contributed by atoms with E-state index in [0.717, 1.165) is 11.1 Å². The van der Waals surface area contributed by atoms with Crippen molar-refractivity contribution in [2.75, 3.05) is 18.8 Å². The highest BCUT2D eigenvalue weighted by atomic mass is 32.2. The number of amides is 1. The molecule has 1 N–H and O–H groups in total. The van der Waals surface area contributed by atoms with E-state index >= 15 is 0 Å². The minimum atomic E-state index is -3.18. The molecule has 1 fully saturated rings. The fourth-order valence-corrected chi connectivity index (χ4v) is 4.16. The van der Waals surface area contributed by atoms with E-state index in [1.54, 1.807) is 0 Å². The maximum Gasteiger partial charge on any atom is 0.254 e. The standard InChI is InChI=1S/C16H24N2O3S/c1-3-12-22(20,21)17-14-8-10-18(11-9-14)16(19)15-7-5-4-6-13(15)2/h4-7,14,17H,3,8-12H2,1-2H3. The first-order valence-electron chi connectivity index (χ1n) is 7.78. The molecule has 1 amide bonds. The van der Waals surface area contributed by atoms with Crippen LogP contribution in [0, 0.1) is 6.92 Å². The molecule has 0 atom stereocenters. The molecule has 1 aliphatic rings. The van der Waals surface area contributed by atoms with Crippen LogP contribution in [0.5, 0.6) is 0 Å². The van der Waals surface area contributed by atoms with E-state index in [0.29, 0.717) is 32.4 Å². The van der Waals surface area contributed by atoms with Gasteiger partial charge in [0.15, 0.2) is 0 Å². The molecule has 0 radical (unpaired) electrons. The number of carbonyl (C=O) groups excluding carboxylic acids is 1. The second kappa shape index (κ2) is 7.24. The fraction of sp³-hybridized carbons (Fsp3) is 0.562. The lowest BCUT2D eigenvalue weighted by Crippen LogP contribution is -2.47. The number of sulfonamides is 1. The molecule has 122 valence electrons. The van der Waals surface area contributed by atoms with Crippen molar-refractivity contribution in [3.63, 3.8) is 0 Å². The van der Waals surface area contributed by atoms with E-state index in [1.807, 2.05) is 43.0 Å². The van der Waals surface area contributed by atoms with Gasteiger partial charge in [-0.05, 0) is 37.8 Å².